The number of nitrogens with zero attached hydrogens (tertiary/aromatic N) is 3. The number of nitrogens with one attached hydrogen (secondary N) is 1. The van der Waals surface area contributed by atoms with Gasteiger partial charge in [-0.15, -0.1) is 0 Å². The smallest absolute Gasteiger partial charge is 0.308 e. The molecule has 2 saturated heterocycles. The van der Waals surface area contributed by atoms with Gasteiger partial charge >= 0.3 is 5.97 Å². The molecule has 0 amide bonds. The molecule has 2 aliphatic heterocycles. The van der Waals surface area contributed by atoms with E-state index < -0.39 is 5.97 Å². The molecule has 0 radical (unpaired) electrons. The van der Waals surface area contributed by atoms with Gasteiger partial charge in [0.25, 0.3) is 0 Å². The van der Waals surface area contributed by atoms with Crippen LogP contribution >= 0.6 is 0 Å². The molecule has 4 rings (SSSR count). The van der Waals surface area contributed by atoms with E-state index in [1.54, 1.807) is 6.33 Å². The summed E-state index contributed by atoms with van der Waals surface area (Å²) in [6.07, 6.45) is 12.6. The second kappa shape index (κ2) is 7.69. The highest BCUT2D eigenvalue weighted by atomic mass is 16.4. The number of H-pyrrole nitrogens is 1. The van der Waals surface area contributed by atoms with Crippen LogP contribution in [0.5, 0.6) is 0 Å². The van der Waals surface area contributed by atoms with Gasteiger partial charge in [0.2, 0.25) is 0 Å². The van der Waals surface area contributed by atoms with Crippen molar-refractivity contribution in [2.45, 2.75) is 51.5 Å². The van der Waals surface area contributed by atoms with E-state index in [1.165, 1.54) is 38.6 Å². The molecule has 1 aliphatic carbocycles. The third-order valence-corrected chi connectivity index (χ3v) is 7.06. The Hall–Kier alpha value is -1.40. The predicted molar refractivity (Wildman–Crippen MR) is 99.7 cm³/mol. The zero-order valence-corrected chi connectivity index (χ0v) is 15.7. The van der Waals surface area contributed by atoms with Gasteiger partial charge in [0.05, 0.1) is 12.2 Å². The molecule has 3 heterocycles. The highest BCUT2D eigenvalue weighted by molar-refractivity contribution is 5.72. The molecule has 0 aromatic carbocycles. The van der Waals surface area contributed by atoms with Crippen molar-refractivity contribution in [2.24, 2.45) is 17.3 Å². The van der Waals surface area contributed by atoms with Gasteiger partial charge in [0.1, 0.15) is 0 Å². The Balaban J connectivity index is 1.36. The van der Waals surface area contributed by atoms with Crippen LogP contribution in [-0.2, 0) is 11.3 Å². The quantitative estimate of drug-likeness (QED) is 0.844. The third-order valence-electron chi connectivity index (χ3n) is 7.06. The summed E-state index contributed by atoms with van der Waals surface area (Å²) in [4.78, 5) is 24.1. The normalized spacial score (nSPS) is 27.9. The summed E-state index contributed by atoms with van der Waals surface area (Å²) in [5.41, 5.74) is 1.02. The number of aliphatic carboxylic acids is 1. The van der Waals surface area contributed by atoms with Gasteiger partial charge in [0, 0.05) is 43.5 Å². The molecule has 1 spiro atoms. The molecule has 1 unspecified atom stereocenters. The maximum atomic E-state index is 12.0. The number of aromatic nitrogens is 2. The lowest BCUT2D eigenvalue weighted by Gasteiger charge is -2.42. The van der Waals surface area contributed by atoms with Gasteiger partial charge in [-0.05, 0) is 44.7 Å². The van der Waals surface area contributed by atoms with Gasteiger partial charge in [-0.25, -0.2) is 4.98 Å². The van der Waals surface area contributed by atoms with Crippen LogP contribution in [0.4, 0.5) is 0 Å². The van der Waals surface area contributed by atoms with Crippen molar-refractivity contribution < 1.29 is 9.90 Å². The number of hydrogen-bond acceptors (Lipinski definition) is 4. The second-order valence-electron chi connectivity index (χ2n) is 8.80. The van der Waals surface area contributed by atoms with Gasteiger partial charge < -0.3 is 15.0 Å². The molecule has 1 aromatic rings. The summed E-state index contributed by atoms with van der Waals surface area (Å²) in [5.74, 6) is 0.0219. The zero-order valence-electron chi connectivity index (χ0n) is 15.7. The topological polar surface area (TPSA) is 72.5 Å². The van der Waals surface area contributed by atoms with E-state index in [4.69, 9.17) is 0 Å². The molecule has 1 atom stereocenters. The van der Waals surface area contributed by atoms with Gasteiger partial charge in [-0.3, -0.25) is 9.69 Å². The highest BCUT2D eigenvalue weighted by Gasteiger charge is 2.51. The summed E-state index contributed by atoms with van der Waals surface area (Å²) in [7, 11) is 0. The van der Waals surface area contributed by atoms with Crippen molar-refractivity contribution >= 4 is 5.97 Å². The van der Waals surface area contributed by atoms with Crippen LogP contribution in [0.1, 0.15) is 50.6 Å². The molecule has 1 aromatic heterocycles. The molecular weight excluding hydrogens is 328 g/mol. The lowest BCUT2D eigenvalue weighted by Crippen LogP contribution is -2.47. The van der Waals surface area contributed by atoms with Gasteiger partial charge in [-0.1, -0.05) is 19.3 Å². The number of piperidine rings is 1. The minimum absolute atomic E-state index is 0.0467. The van der Waals surface area contributed by atoms with Crippen molar-refractivity contribution in [3.8, 4) is 0 Å². The monoisotopic (exact) mass is 360 g/mol. The lowest BCUT2D eigenvalue weighted by molar-refractivity contribution is -0.146. The van der Waals surface area contributed by atoms with Crippen LogP contribution in [0.3, 0.4) is 0 Å². The summed E-state index contributed by atoms with van der Waals surface area (Å²) < 4.78 is 0. The number of hydrogen-bond donors (Lipinski definition) is 2. The van der Waals surface area contributed by atoms with Gasteiger partial charge in [0.15, 0.2) is 0 Å². The number of aromatic amines is 1. The lowest BCUT2D eigenvalue weighted by atomic mass is 9.70. The van der Waals surface area contributed by atoms with Crippen molar-refractivity contribution in [2.75, 3.05) is 32.7 Å². The zero-order chi connectivity index (χ0) is 18.0. The number of carboxylic acid groups (broad SMARTS) is 1. The van der Waals surface area contributed by atoms with Gasteiger partial charge in [-0.2, -0.15) is 0 Å². The van der Waals surface area contributed by atoms with Crippen LogP contribution in [0.25, 0.3) is 0 Å². The van der Waals surface area contributed by atoms with Crippen LogP contribution in [0.15, 0.2) is 12.5 Å². The van der Waals surface area contributed by atoms with Crippen LogP contribution in [-0.4, -0.2) is 63.6 Å². The molecule has 144 valence electrons. The Labute approximate surface area is 156 Å². The maximum Gasteiger partial charge on any atom is 0.308 e. The van der Waals surface area contributed by atoms with Crippen molar-refractivity contribution in [3.05, 3.63) is 18.2 Å². The molecule has 3 aliphatic rings. The van der Waals surface area contributed by atoms with E-state index in [2.05, 4.69) is 19.8 Å². The number of carboxylic acids is 1. The largest absolute Gasteiger partial charge is 0.481 e. The Morgan fingerprint density at radius 2 is 2.00 bits per heavy atom. The van der Waals surface area contributed by atoms with E-state index >= 15 is 0 Å². The third kappa shape index (κ3) is 3.81. The Morgan fingerprint density at radius 3 is 2.65 bits per heavy atom. The van der Waals surface area contributed by atoms with E-state index in [9.17, 15) is 9.90 Å². The van der Waals surface area contributed by atoms with E-state index in [0.717, 1.165) is 50.6 Å². The van der Waals surface area contributed by atoms with E-state index in [0.29, 0.717) is 6.54 Å². The Bertz CT molecular complexity index is 589. The summed E-state index contributed by atoms with van der Waals surface area (Å²) >= 11 is 0. The van der Waals surface area contributed by atoms with Crippen LogP contribution < -0.4 is 0 Å². The first-order chi connectivity index (χ1) is 12.6. The molecule has 1 saturated carbocycles. The first kappa shape index (κ1) is 18.0. The minimum atomic E-state index is -0.613. The SMILES string of the molecule is O=C(O)C1CN(Cc2cnc[nH]2)CC12CCN(CC1CCCCC1)CC2. The van der Waals surface area contributed by atoms with Crippen LogP contribution in [0, 0.1) is 17.3 Å². The summed E-state index contributed by atoms with van der Waals surface area (Å²) in [6.45, 7) is 5.70. The first-order valence-corrected chi connectivity index (χ1v) is 10.3. The number of likely N-dealkylation sites (tertiary alicyclic amines) is 2. The summed E-state index contributed by atoms with van der Waals surface area (Å²) in [5, 5.41) is 9.84. The fraction of sp³-hybridized carbons (Fsp3) is 0.800. The molecule has 3 fully saturated rings. The standard InChI is InChI=1S/C20H32N4O2/c25-19(26)18-13-24(12-17-10-21-15-22-17)14-20(18)6-8-23(9-7-20)11-16-4-2-1-3-5-16/h10,15-16,18H,1-9,11-14H2,(H,21,22)(H,25,26). The van der Waals surface area contributed by atoms with Crippen LogP contribution in [0.2, 0.25) is 0 Å². The van der Waals surface area contributed by atoms with E-state index in [1.807, 2.05) is 6.20 Å². The molecule has 26 heavy (non-hydrogen) atoms. The van der Waals surface area contributed by atoms with Crippen molar-refractivity contribution in [1.29, 1.82) is 0 Å². The Kier molecular flexibility index (Phi) is 5.32. The van der Waals surface area contributed by atoms with E-state index in [-0.39, 0.29) is 11.3 Å². The van der Waals surface area contributed by atoms with Crippen molar-refractivity contribution in [3.63, 3.8) is 0 Å². The highest BCUT2D eigenvalue weighted by Crippen LogP contribution is 2.45. The number of imidazole rings is 1. The summed E-state index contributed by atoms with van der Waals surface area (Å²) in [6, 6.07) is 0. The fourth-order valence-corrected chi connectivity index (χ4v) is 5.57. The molecular formula is C20H32N4O2. The molecule has 6 heteroatoms. The molecule has 0 bridgehead atoms. The predicted octanol–water partition coefficient (Wildman–Crippen LogP) is 2.59. The Morgan fingerprint density at radius 1 is 1.23 bits per heavy atom. The first-order valence-electron chi connectivity index (χ1n) is 10.3. The maximum absolute atomic E-state index is 12.0. The molecule has 6 nitrogen and oxygen atoms in total. The number of carbonyl (C=O) groups is 1. The minimum Gasteiger partial charge on any atom is -0.481 e. The van der Waals surface area contributed by atoms with Crippen molar-refractivity contribution in [1.82, 2.24) is 19.8 Å². The fourth-order valence-electron chi connectivity index (χ4n) is 5.57. The second-order valence-corrected chi connectivity index (χ2v) is 8.80. The average Bonchev–Trinajstić information content (AvgIpc) is 3.27. The number of rotatable bonds is 5. The average molecular weight is 361 g/mol. The molecule has 2 N–H and O–H groups in total.